The topological polar surface area (TPSA) is 108 Å². The summed E-state index contributed by atoms with van der Waals surface area (Å²) in [5, 5.41) is 15.9. The zero-order chi connectivity index (χ0) is 23.8. The first-order chi connectivity index (χ1) is 14.4. The van der Waals surface area contributed by atoms with E-state index in [1.165, 1.54) is 18.9 Å². The molecule has 0 fully saturated rings. The van der Waals surface area contributed by atoms with Crippen molar-refractivity contribution < 1.29 is 24.2 Å². The van der Waals surface area contributed by atoms with Gasteiger partial charge in [0.1, 0.15) is 23.4 Å². The molecule has 1 aromatic carbocycles. The predicted octanol–water partition coefficient (Wildman–Crippen LogP) is 3.42. The molecule has 2 unspecified atom stereocenters. The van der Waals surface area contributed by atoms with Crippen LogP contribution in [-0.4, -0.2) is 53.1 Å². The minimum atomic E-state index is -1.04. The fraction of sp³-hybridized carbons (Fsp3) is 0.609. The molecule has 0 spiro atoms. The molecule has 0 saturated carbocycles. The number of hydrogen-bond acceptors (Lipinski definition) is 5. The Morgan fingerprint density at radius 2 is 1.84 bits per heavy atom. The molecule has 0 aliphatic heterocycles. The fourth-order valence-electron chi connectivity index (χ4n) is 3.09. The summed E-state index contributed by atoms with van der Waals surface area (Å²) in [6.45, 7) is 11.0. The van der Waals surface area contributed by atoms with Gasteiger partial charge < -0.3 is 25.4 Å². The number of phenols is 1. The summed E-state index contributed by atoms with van der Waals surface area (Å²) in [5.41, 5.74) is 0.225. The number of nitrogens with one attached hydrogen (secondary N) is 2. The van der Waals surface area contributed by atoms with Gasteiger partial charge in [-0.25, -0.2) is 4.79 Å². The van der Waals surface area contributed by atoms with Gasteiger partial charge in [-0.05, 0) is 46.6 Å². The van der Waals surface area contributed by atoms with Crippen LogP contribution < -0.4 is 10.6 Å². The first-order valence-corrected chi connectivity index (χ1v) is 10.7. The van der Waals surface area contributed by atoms with E-state index in [1.54, 1.807) is 45.9 Å². The molecular formula is C23H37N3O5. The normalized spacial score (nSPS) is 13.1. The van der Waals surface area contributed by atoms with Gasteiger partial charge >= 0.3 is 6.09 Å². The van der Waals surface area contributed by atoms with Crippen molar-refractivity contribution in [2.45, 2.75) is 78.5 Å². The molecule has 1 aromatic rings. The second kappa shape index (κ2) is 11.6. The third-order valence-corrected chi connectivity index (χ3v) is 4.73. The van der Waals surface area contributed by atoms with Crippen LogP contribution in [0.1, 0.15) is 71.0 Å². The number of aromatic hydroxyl groups is 1. The monoisotopic (exact) mass is 435 g/mol. The van der Waals surface area contributed by atoms with Crippen LogP contribution in [0.15, 0.2) is 18.2 Å². The lowest BCUT2D eigenvalue weighted by Crippen LogP contribution is -2.50. The first kappa shape index (κ1) is 26.3. The molecule has 3 N–H and O–H groups in total. The average molecular weight is 436 g/mol. The molecule has 0 saturated heterocycles. The van der Waals surface area contributed by atoms with Crippen molar-refractivity contribution in [3.63, 3.8) is 0 Å². The SMILES string of the molecule is CCCCCNC(=O)C(c1cccc(C)c1O)N(C)C(=O)C(C)NC(=O)OC(C)(C)C. The summed E-state index contributed by atoms with van der Waals surface area (Å²) in [7, 11) is 1.48. The summed E-state index contributed by atoms with van der Waals surface area (Å²) < 4.78 is 5.20. The van der Waals surface area contributed by atoms with Crippen molar-refractivity contribution in [1.82, 2.24) is 15.5 Å². The zero-order valence-corrected chi connectivity index (χ0v) is 19.7. The average Bonchev–Trinajstić information content (AvgIpc) is 2.66. The van der Waals surface area contributed by atoms with Crippen LogP contribution in [-0.2, 0) is 14.3 Å². The van der Waals surface area contributed by atoms with E-state index >= 15 is 0 Å². The number of nitrogens with zero attached hydrogens (tertiary/aromatic N) is 1. The molecule has 8 heteroatoms. The lowest BCUT2D eigenvalue weighted by atomic mass is 10.00. The quantitative estimate of drug-likeness (QED) is 0.515. The molecule has 0 radical (unpaired) electrons. The van der Waals surface area contributed by atoms with Crippen LogP contribution in [0.25, 0.3) is 0 Å². The van der Waals surface area contributed by atoms with E-state index in [0.717, 1.165) is 19.3 Å². The summed E-state index contributed by atoms with van der Waals surface area (Å²) >= 11 is 0. The number of likely N-dealkylation sites (N-methyl/N-ethyl adjacent to an activating group) is 1. The van der Waals surface area contributed by atoms with Crippen LogP contribution in [0.2, 0.25) is 0 Å². The molecule has 0 heterocycles. The van der Waals surface area contributed by atoms with E-state index < -0.39 is 35.6 Å². The Morgan fingerprint density at radius 1 is 1.19 bits per heavy atom. The Hall–Kier alpha value is -2.77. The van der Waals surface area contributed by atoms with Crippen LogP contribution >= 0.6 is 0 Å². The summed E-state index contributed by atoms with van der Waals surface area (Å²) in [4.78, 5) is 39.3. The number of rotatable bonds is 9. The number of carbonyl (C=O) groups is 3. The predicted molar refractivity (Wildman–Crippen MR) is 120 cm³/mol. The zero-order valence-electron chi connectivity index (χ0n) is 19.7. The highest BCUT2D eigenvalue weighted by atomic mass is 16.6. The number of aryl methyl sites for hydroxylation is 1. The third-order valence-electron chi connectivity index (χ3n) is 4.73. The van der Waals surface area contributed by atoms with Crippen molar-refractivity contribution in [2.24, 2.45) is 0 Å². The van der Waals surface area contributed by atoms with Gasteiger partial charge in [0.15, 0.2) is 0 Å². The number of phenolic OH excluding ortho intramolecular Hbond substituents is 1. The third kappa shape index (κ3) is 8.11. The number of para-hydroxylation sites is 1. The van der Waals surface area contributed by atoms with Gasteiger partial charge in [-0.15, -0.1) is 0 Å². The van der Waals surface area contributed by atoms with Crippen molar-refractivity contribution in [3.8, 4) is 5.75 Å². The van der Waals surface area contributed by atoms with Crippen molar-refractivity contribution in [3.05, 3.63) is 29.3 Å². The van der Waals surface area contributed by atoms with Crippen molar-refractivity contribution >= 4 is 17.9 Å². The largest absolute Gasteiger partial charge is 0.507 e. The van der Waals surface area contributed by atoms with E-state index in [-0.39, 0.29) is 5.75 Å². The molecular weight excluding hydrogens is 398 g/mol. The Morgan fingerprint density at radius 3 is 2.42 bits per heavy atom. The van der Waals surface area contributed by atoms with Gasteiger partial charge in [0.05, 0.1) is 0 Å². The second-order valence-corrected chi connectivity index (χ2v) is 8.73. The molecule has 8 nitrogen and oxygen atoms in total. The maximum atomic E-state index is 13.0. The number of amides is 3. The second-order valence-electron chi connectivity index (χ2n) is 8.73. The number of unbranched alkanes of at least 4 members (excludes halogenated alkanes) is 2. The van der Waals surface area contributed by atoms with E-state index in [1.807, 2.05) is 0 Å². The lowest BCUT2D eigenvalue weighted by Gasteiger charge is -2.31. The molecule has 174 valence electrons. The summed E-state index contributed by atoms with van der Waals surface area (Å²) in [6, 6.07) is 3.10. The van der Waals surface area contributed by atoms with Gasteiger partial charge in [-0.2, -0.15) is 0 Å². The van der Waals surface area contributed by atoms with E-state index in [2.05, 4.69) is 17.6 Å². The molecule has 2 atom stereocenters. The van der Waals surface area contributed by atoms with Gasteiger partial charge in [-0.3, -0.25) is 9.59 Å². The maximum absolute atomic E-state index is 13.0. The number of ether oxygens (including phenoxy) is 1. The fourth-order valence-corrected chi connectivity index (χ4v) is 3.09. The minimum absolute atomic E-state index is 0.0383. The molecule has 31 heavy (non-hydrogen) atoms. The summed E-state index contributed by atoms with van der Waals surface area (Å²) in [6.07, 6.45) is 2.10. The van der Waals surface area contributed by atoms with Crippen LogP contribution in [0.5, 0.6) is 5.75 Å². The summed E-state index contributed by atoms with van der Waals surface area (Å²) in [5.74, 6) is -0.915. The molecule has 0 aliphatic rings. The number of carbonyl (C=O) groups excluding carboxylic acids is 3. The van der Waals surface area contributed by atoms with Crippen LogP contribution in [0.4, 0.5) is 4.79 Å². The van der Waals surface area contributed by atoms with Gasteiger partial charge in [0.25, 0.3) is 0 Å². The molecule has 0 bridgehead atoms. The molecule has 1 rings (SSSR count). The smallest absolute Gasteiger partial charge is 0.408 e. The van der Waals surface area contributed by atoms with Crippen molar-refractivity contribution in [2.75, 3.05) is 13.6 Å². The molecule has 3 amide bonds. The van der Waals surface area contributed by atoms with E-state index in [9.17, 15) is 19.5 Å². The number of benzene rings is 1. The van der Waals surface area contributed by atoms with E-state index in [0.29, 0.717) is 17.7 Å². The highest BCUT2D eigenvalue weighted by molar-refractivity contribution is 5.92. The minimum Gasteiger partial charge on any atom is -0.507 e. The highest BCUT2D eigenvalue weighted by Gasteiger charge is 2.33. The van der Waals surface area contributed by atoms with Crippen LogP contribution in [0, 0.1) is 6.92 Å². The Labute approximate surface area is 185 Å². The number of hydrogen-bond donors (Lipinski definition) is 3. The molecule has 0 aliphatic carbocycles. The Balaban J connectivity index is 3.08. The maximum Gasteiger partial charge on any atom is 0.408 e. The lowest BCUT2D eigenvalue weighted by molar-refractivity contribution is -0.140. The standard InChI is InChI=1S/C23H37N3O5/c1-8-9-10-14-24-20(28)18(17-13-11-12-15(2)19(17)27)26(7)21(29)16(3)25-22(30)31-23(4,5)6/h11-13,16,18,27H,8-10,14H2,1-7H3,(H,24,28)(H,25,30). The highest BCUT2D eigenvalue weighted by Crippen LogP contribution is 2.31. The number of alkyl carbamates (subject to hydrolysis) is 1. The van der Waals surface area contributed by atoms with Gasteiger partial charge in [0.2, 0.25) is 11.8 Å². The van der Waals surface area contributed by atoms with Gasteiger partial charge in [-0.1, -0.05) is 38.0 Å². The van der Waals surface area contributed by atoms with Gasteiger partial charge in [0, 0.05) is 19.2 Å². The van der Waals surface area contributed by atoms with Crippen LogP contribution in [0.3, 0.4) is 0 Å². The first-order valence-electron chi connectivity index (χ1n) is 10.7. The van der Waals surface area contributed by atoms with Crippen molar-refractivity contribution in [1.29, 1.82) is 0 Å². The Kier molecular flexibility index (Phi) is 9.81. The van der Waals surface area contributed by atoms with E-state index in [4.69, 9.17) is 4.74 Å². The Bertz CT molecular complexity index is 773. The molecule has 0 aromatic heterocycles.